The zero-order chi connectivity index (χ0) is 52.7. The molecule has 10 heterocycles. The molecule has 77 heavy (non-hydrogen) atoms. The van der Waals surface area contributed by atoms with E-state index in [4.69, 9.17) is 30.6 Å². The van der Waals surface area contributed by atoms with E-state index in [2.05, 4.69) is 36.2 Å². The summed E-state index contributed by atoms with van der Waals surface area (Å²) in [4.78, 5) is 74.1. The van der Waals surface area contributed by atoms with Gasteiger partial charge in [0.2, 0.25) is 11.8 Å². The third-order valence-corrected chi connectivity index (χ3v) is 17.6. The van der Waals surface area contributed by atoms with Gasteiger partial charge in [-0.2, -0.15) is 9.97 Å². The molecule has 5 atom stereocenters. The maximum atomic E-state index is 17.2. The number of piperidine rings is 2. The van der Waals surface area contributed by atoms with Gasteiger partial charge in [-0.3, -0.25) is 33.9 Å². The van der Waals surface area contributed by atoms with Gasteiger partial charge >= 0.3 is 17.8 Å². The van der Waals surface area contributed by atoms with E-state index >= 15 is 8.78 Å². The van der Waals surface area contributed by atoms with Gasteiger partial charge < -0.3 is 34.2 Å². The van der Waals surface area contributed by atoms with Crippen molar-refractivity contribution in [1.82, 2.24) is 44.5 Å². The van der Waals surface area contributed by atoms with Crippen LogP contribution < -0.4 is 30.9 Å². The van der Waals surface area contributed by atoms with Crippen LogP contribution >= 0.6 is 0 Å². The number of carbonyl (C=O) groups excluding carboxylic acids is 3. The first kappa shape index (κ1) is 49.4. The van der Waals surface area contributed by atoms with Crippen molar-refractivity contribution >= 4 is 62.1 Å². The number of hydrogen-bond acceptors (Lipinski definition) is 14. The molecule has 6 aromatic rings. The lowest BCUT2D eigenvalue weighted by molar-refractivity contribution is -0.135. The van der Waals surface area contributed by atoms with Crippen LogP contribution in [0.25, 0.3) is 44.0 Å². The van der Waals surface area contributed by atoms with Crippen molar-refractivity contribution in [3.63, 3.8) is 0 Å². The van der Waals surface area contributed by atoms with E-state index in [1.807, 2.05) is 24.3 Å². The Kier molecular flexibility index (Phi) is 12.6. The van der Waals surface area contributed by atoms with Crippen LogP contribution in [0.5, 0.6) is 6.01 Å². The molecule has 7 aliphatic heterocycles. The van der Waals surface area contributed by atoms with Crippen molar-refractivity contribution in [2.75, 3.05) is 75.4 Å². The van der Waals surface area contributed by atoms with Crippen LogP contribution in [-0.4, -0.2) is 147 Å². The van der Waals surface area contributed by atoms with E-state index in [0.717, 1.165) is 82.2 Å². The number of aromatic nitrogens is 5. The Morgan fingerprint density at radius 2 is 1.71 bits per heavy atom. The number of likely N-dealkylation sites (tertiary alicyclic amines) is 1. The summed E-state index contributed by atoms with van der Waals surface area (Å²) in [6.45, 7) is 6.09. The predicted octanol–water partition coefficient (Wildman–Crippen LogP) is 5.81. The normalized spacial score (nSPS) is 24.9. The lowest BCUT2D eigenvalue weighted by Crippen LogP contribution is -2.53. The fraction of sp³-hybridized carbons (Fsp3) is 0.491. The number of pyridine rings is 1. The largest absolute Gasteiger partial charge is 0.461 e. The van der Waals surface area contributed by atoms with E-state index in [1.165, 1.54) is 10.6 Å². The molecule has 0 spiro atoms. The van der Waals surface area contributed by atoms with Crippen molar-refractivity contribution in [3.8, 4) is 29.6 Å². The van der Waals surface area contributed by atoms with Crippen LogP contribution in [0.3, 0.4) is 0 Å². The molecule has 0 saturated carbocycles. The maximum absolute atomic E-state index is 17.2. The third kappa shape index (κ3) is 8.80. The summed E-state index contributed by atoms with van der Waals surface area (Å²) in [6.07, 6.45) is 15.0. The molecule has 3 aromatic carbocycles. The highest BCUT2D eigenvalue weighted by Crippen LogP contribution is 2.44. The molecule has 7 aliphatic rings. The number of anilines is 2. The molecule has 2 N–H and O–H groups in total. The minimum absolute atomic E-state index is 0.0116. The number of imide groups is 1. The average Bonchev–Trinajstić information content (AvgIpc) is 4.19. The number of rotatable bonds is 12. The maximum Gasteiger partial charge on any atom is 0.409 e. The van der Waals surface area contributed by atoms with Crippen LogP contribution in [0.4, 0.5) is 25.1 Å². The first-order chi connectivity index (χ1) is 37.4. The van der Waals surface area contributed by atoms with E-state index in [0.29, 0.717) is 65.8 Å². The zero-order valence-electron chi connectivity index (χ0n) is 43.0. The monoisotopic (exact) mass is 1050 g/mol. The Bertz CT molecular complexity index is 3460. The number of fused-ring (bicyclic) bond motifs is 6. The van der Waals surface area contributed by atoms with Gasteiger partial charge in [0.05, 0.1) is 40.2 Å². The van der Waals surface area contributed by atoms with E-state index in [1.54, 1.807) is 40.9 Å². The molecule has 7 fully saturated rings. The Labute approximate surface area is 443 Å². The topological polar surface area (TPSA) is 182 Å². The number of terminal acetylenes is 1. The Morgan fingerprint density at radius 1 is 0.896 bits per heavy atom. The molecule has 18 nitrogen and oxygen atoms in total. The summed E-state index contributed by atoms with van der Waals surface area (Å²) in [5.74, 6) is 1.26. The second-order valence-electron chi connectivity index (χ2n) is 22.2. The van der Waals surface area contributed by atoms with Crippen molar-refractivity contribution < 1.29 is 37.4 Å². The summed E-state index contributed by atoms with van der Waals surface area (Å²) < 4.78 is 54.3. The molecule has 2 bridgehead atoms. The fourth-order valence-electron chi connectivity index (χ4n) is 13.6. The van der Waals surface area contributed by atoms with Crippen LogP contribution in [0, 0.1) is 29.9 Å². The quantitative estimate of drug-likeness (QED) is 0.111. The molecule has 0 aliphatic carbocycles. The van der Waals surface area contributed by atoms with Gasteiger partial charge in [-0.25, -0.2) is 18.4 Å². The molecular weight excluding hydrogens is 989 g/mol. The highest BCUT2D eigenvalue weighted by molar-refractivity contribution is 6.02. The zero-order valence-corrected chi connectivity index (χ0v) is 43.0. The lowest BCUT2D eigenvalue weighted by Gasteiger charge is -2.40. The number of ether oxygens (including phenoxy) is 3. The molecule has 3 unspecified atom stereocenters. The van der Waals surface area contributed by atoms with Crippen molar-refractivity contribution in [1.29, 1.82) is 0 Å². The first-order valence-corrected chi connectivity index (χ1v) is 27.2. The van der Waals surface area contributed by atoms with Gasteiger partial charge in [0.25, 0.3) is 0 Å². The number of aryl methyl sites for hydroxylation is 1. The minimum Gasteiger partial charge on any atom is -0.461 e. The second-order valence-corrected chi connectivity index (χ2v) is 22.2. The minimum atomic E-state index is -0.726. The smallest absolute Gasteiger partial charge is 0.409 e. The molecule has 20 heteroatoms. The summed E-state index contributed by atoms with van der Waals surface area (Å²) in [7, 11) is 1.70. The number of nitrogens with one attached hydrogen (secondary N) is 2. The predicted molar refractivity (Wildman–Crippen MR) is 284 cm³/mol. The molecule has 7 saturated heterocycles. The van der Waals surface area contributed by atoms with Gasteiger partial charge in [-0.1, -0.05) is 30.2 Å². The molecule has 3 amide bonds. The summed E-state index contributed by atoms with van der Waals surface area (Å²) in [6, 6.07) is 14.1. The lowest BCUT2D eigenvalue weighted by atomic mass is 9.95. The van der Waals surface area contributed by atoms with Gasteiger partial charge in [-0.05, 0) is 94.0 Å². The fourth-order valence-corrected chi connectivity index (χ4v) is 13.6. The molecular formula is C57H61F2N11O7. The number of amides is 3. The van der Waals surface area contributed by atoms with Gasteiger partial charge in [-0.15, -0.1) is 6.42 Å². The van der Waals surface area contributed by atoms with E-state index in [9.17, 15) is 19.2 Å². The highest BCUT2D eigenvalue weighted by Gasteiger charge is 2.50. The summed E-state index contributed by atoms with van der Waals surface area (Å²) in [5.41, 5.74) is 2.28. The number of halogens is 2. The van der Waals surface area contributed by atoms with Crippen LogP contribution in [0.1, 0.15) is 75.8 Å². The van der Waals surface area contributed by atoms with E-state index in [-0.39, 0.29) is 102 Å². The van der Waals surface area contributed by atoms with Crippen molar-refractivity contribution in [3.05, 3.63) is 82.4 Å². The molecule has 0 radical (unpaired) electrons. The molecule has 400 valence electrons. The highest BCUT2D eigenvalue weighted by atomic mass is 19.1. The third-order valence-electron chi connectivity index (χ3n) is 17.6. The average molecular weight is 1050 g/mol. The van der Waals surface area contributed by atoms with Gasteiger partial charge in [0.15, 0.2) is 5.82 Å². The van der Waals surface area contributed by atoms with E-state index < -0.39 is 23.6 Å². The SMILES string of the molecule is C#Cc1c(F)ccc2cccc(-c3ncc4c(N5CC6CCC(C5)N6)nc(OC[C@@]56CCCN5[C@H](COC(=O)N5CC(COC7CCN(c8ccc9c(c8)n(C)c(=O)n9C8CCC(=O)NC8=O)CC7)C5)CC6)nc4c3F)c12. The number of carbonyl (C=O) groups is 3. The van der Waals surface area contributed by atoms with Crippen LogP contribution in [0.2, 0.25) is 0 Å². The number of nitrogens with zero attached hydrogens (tertiary/aromatic N) is 9. The summed E-state index contributed by atoms with van der Waals surface area (Å²) >= 11 is 0. The van der Waals surface area contributed by atoms with Crippen molar-refractivity contribution in [2.24, 2.45) is 13.0 Å². The Morgan fingerprint density at radius 3 is 2.51 bits per heavy atom. The summed E-state index contributed by atoms with van der Waals surface area (Å²) in [5, 5.41) is 7.58. The standard InChI is InChI=1S/C57H61F2N11O7/c1-3-40-43(58)12-8-34-6-4-7-41(48(34)40)50-49(59)51-42(25-60-50)52(67-28-35-9-10-36(29-67)61-35)64-54(63-51)77-32-57-19-5-21-69(57)38(16-20-57)31-76-56(74)68-26-33(27-68)30-75-39-17-22-66(23-18-39)37-11-13-44-46(24-37)65(2)55(73)70(44)45-14-15-47(71)62-53(45)72/h1,4,6-8,11-13,24-25,33,35-36,38-39,45,61H,5,9-10,14-23,26-32H2,2H3,(H,62,71,72)/t35?,36?,38-,45?,57-/m0/s1. The Balaban J connectivity index is 0.617. The number of benzene rings is 3. The number of piperazine rings is 1. The van der Waals surface area contributed by atoms with Crippen LogP contribution in [0.15, 0.2) is 59.5 Å². The second kappa shape index (κ2) is 19.7. The van der Waals surface area contributed by atoms with Gasteiger partial charge in [0, 0.05) is 99.6 Å². The number of hydrogen-bond donors (Lipinski definition) is 2. The molecule has 13 rings (SSSR count). The molecule has 3 aromatic heterocycles. The first-order valence-electron chi connectivity index (χ1n) is 27.2. The number of imidazole rings is 1. The van der Waals surface area contributed by atoms with Crippen molar-refractivity contribution in [2.45, 2.75) is 100 Å². The Hall–Kier alpha value is -7.21. The van der Waals surface area contributed by atoms with Gasteiger partial charge in [0.1, 0.15) is 42.1 Å². The van der Waals surface area contributed by atoms with Crippen LogP contribution in [-0.2, 0) is 26.1 Å².